The van der Waals surface area contributed by atoms with Gasteiger partial charge in [0.1, 0.15) is 5.75 Å². The first-order chi connectivity index (χ1) is 9.72. The zero-order valence-electron chi connectivity index (χ0n) is 11.4. The van der Waals surface area contributed by atoms with Gasteiger partial charge in [-0.1, -0.05) is 18.2 Å². The van der Waals surface area contributed by atoms with E-state index in [-0.39, 0.29) is 5.75 Å². The molecule has 20 heavy (non-hydrogen) atoms. The van der Waals surface area contributed by atoms with E-state index in [1.165, 1.54) is 6.07 Å². The summed E-state index contributed by atoms with van der Waals surface area (Å²) in [6.45, 7) is 0.987. The Kier molecular flexibility index (Phi) is 5.09. The van der Waals surface area contributed by atoms with Crippen molar-refractivity contribution in [3.05, 3.63) is 59.4 Å². The van der Waals surface area contributed by atoms with Crippen LogP contribution in [0.1, 0.15) is 11.1 Å². The van der Waals surface area contributed by atoms with Crippen LogP contribution in [0.3, 0.4) is 0 Å². The minimum absolute atomic E-state index is 0.201. The summed E-state index contributed by atoms with van der Waals surface area (Å²) in [5.74, 6) is 0.397. The Bertz CT molecular complexity index is 555. The molecule has 0 saturated carbocycles. The van der Waals surface area contributed by atoms with E-state index in [9.17, 15) is 4.39 Å². The summed E-state index contributed by atoms with van der Waals surface area (Å²) < 4.78 is 24.3. The van der Waals surface area contributed by atoms with E-state index in [2.05, 4.69) is 0 Å². The molecule has 4 heteroatoms. The van der Waals surface area contributed by atoms with Crippen molar-refractivity contribution in [2.24, 2.45) is 5.73 Å². The summed E-state index contributed by atoms with van der Waals surface area (Å²) >= 11 is 0. The third kappa shape index (κ3) is 3.79. The Balaban J connectivity index is 2.06. The number of methoxy groups -OCH3 is 1. The van der Waals surface area contributed by atoms with Crippen LogP contribution in [-0.4, -0.2) is 13.7 Å². The van der Waals surface area contributed by atoms with Crippen LogP contribution in [0, 0.1) is 5.82 Å². The molecule has 0 bridgehead atoms. The zero-order chi connectivity index (χ0) is 14.4. The van der Waals surface area contributed by atoms with E-state index in [1.54, 1.807) is 19.2 Å². The SMILES string of the molecule is COCCc1ccc(Oc2ccc(CN)cc2F)cc1. The third-order valence-corrected chi connectivity index (χ3v) is 2.98. The second-order valence-corrected chi connectivity index (χ2v) is 4.46. The summed E-state index contributed by atoms with van der Waals surface area (Å²) in [5.41, 5.74) is 7.35. The lowest BCUT2D eigenvalue weighted by molar-refractivity contribution is 0.202. The van der Waals surface area contributed by atoms with Gasteiger partial charge in [-0.2, -0.15) is 0 Å². The molecule has 0 aliphatic carbocycles. The number of hydrogen-bond acceptors (Lipinski definition) is 3. The first kappa shape index (κ1) is 14.5. The Hall–Kier alpha value is -1.91. The molecule has 106 valence electrons. The number of ether oxygens (including phenoxy) is 2. The maximum Gasteiger partial charge on any atom is 0.166 e. The van der Waals surface area contributed by atoms with Crippen molar-refractivity contribution in [1.29, 1.82) is 0 Å². The molecule has 2 aromatic rings. The van der Waals surface area contributed by atoms with Crippen LogP contribution in [0.2, 0.25) is 0 Å². The molecule has 0 unspecified atom stereocenters. The number of nitrogens with two attached hydrogens (primary N) is 1. The Morgan fingerprint density at radius 1 is 1.05 bits per heavy atom. The molecule has 0 aromatic heterocycles. The summed E-state index contributed by atoms with van der Waals surface area (Å²) in [4.78, 5) is 0. The van der Waals surface area contributed by atoms with Gasteiger partial charge in [0.05, 0.1) is 6.61 Å². The van der Waals surface area contributed by atoms with E-state index in [0.717, 1.165) is 17.5 Å². The molecule has 0 heterocycles. The van der Waals surface area contributed by atoms with Gasteiger partial charge in [0.25, 0.3) is 0 Å². The standard InChI is InChI=1S/C16H18FNO2/c1-19-9-8-12-2-5-14(6-3-12)20-16-7-4-13(11-18)10-15(16)17/h2-7,10H,8-9,11,18H2,1H3. The second kappa shape index (κ2) is 7.03. The zero-order valence-corrected chi connectivity index (χ0v) is 11.4. The maximum atomic E-state index is 13.8. The lowest BCUT2D eigenvalue weighted by atomic mass is 10.1. The molecular weight excluding hydrogens is 257 g/mol. The minimum Gasteiger partial charge on any atom is -0.454 e. The van der Waals surface area contributed by atoms with Crippen LogP contribution in [0.15, 0.2) is 42.5 Å². The maximum absolute atomic E-state index is 13.8. The quantitative estimate of drug-likeness (QED) is 0.880. The molecule has 0 aliphatic rings. The molecule has 0 aliphatic heterocycles. The van der Waals surface area contributed by atoms with E-state index in [1.807, 2.05) is 24.3 Å². The van der Waals surface area contributed by atoms with E-state index >= 15 is 0 Å². The fourth-order valence-electron chi connectivity index (χ4n) is 1.83. The predicted molar refractivity (Wildman–Crippen MR) is 76.4 cm³/mol. The van der Waals surface area contributed by atoms with Gasteiger partial charge in [-0.3, -0.25) is 0 Å². The van der Waals surface area contributed by atoms with Crippen molar-refractivity contribution in [1.82, 2.24) is 0 Å². The molecular formula is C16H18FNO2. The number of benzene rings is 2. The predicted octanol–water partition coefficient (Wildman–Crippen LogP) is 3.27. The van der Waals surface area contributed by atoms with Gasteiger partial charge in [0.15, 0.2) is 11.6 Å². The molecule has 0 radical (unpaired) electrons. The summed E-state index contributed by atoms with van der Waals surface area (Å²) in [5, 5.41) is 0. The third-order valence-electron chi connectivity index (χ3n) is 2.98. The van der Waals surface area contributed by atoms with Crippen molar-refractivity contribution in [2.75, 3.05) is 13.7 Å². The average Bonchev–Trinajstić information content (AvgIpc) is 2.48. The van der Waals surface area contributed by atoms with Gasteiger partial charge in [0.2, 0.25) is 0 Å². The van der Waals surface area contributed by atoms with Gasteiger partial charge in [-0.05, 0) is 41.8 Å². The Morgan fingerprint density at radius 3 is 2.35 bits per heavy atom. The van der Waals surface area contributed by atoms with Crippen molar-refractivity contribution in [3.8, 4) is 11.5 Å². The highest BCUT2D eigenvalue weighted by Gasteiger charge is 2.05. The van der Waals surface area contributed by atoms with Gasteiger partial charge in [0, 0.05) is 13.7 Å². The van der Waals surface area contributed by atoms with E-state index in [0.29, 0.717) is 18.9 Å². The molecule has 3 nitrogen and oxygen atoms in total. The van der Waals surface area contributed by atoms with Crippen molar-refractivity contribution >= 4 is 0 Å². The first-order valence-corrected chi connectivity index (χ1v) is 6.47. The second-order valence-electron chi connectivity index (χ2n) is 4.46. The molecule has 2 aromatic carbocycles. The summed E-state index contributed by atoms with van der Waals surface area (Å²) in [6, 6.07) is 12.3. The highest BCUT2D eigenvalue weighted by molar-refractivity contribution is 5.35. The van der Waals surface area contributed by atoms with Gasteiger partial charge < -0.3 is 15.2 Å². The van der Waals surface area contributed by atoms with E-state index < -0.39 is 5.82 Å². The fraction of sp³-hybridized carbons (Fsp3) is 0.250. The summed E-state index contributed by atoms with van der Waals surface area (Å²) in [6.07, 6.45) is 0.844. The number of halogens is 1. The number of hydrogen-bond donors (Lipinski definition) is 1. The molecule has 0 saturated heterocycles. The van der Waals surface area contributed by atoms with Gasteiger partial charge in [-0.25, -0.2) is 4.39 Å². The monoisotopic (exact) mass is 275 g/mol. The molecule has 0 fully saturated rings. The average molecular weight is 275 g/mol. The minimum atomic E-state index is -0.406. The smallest absolute Gasteiger partial charge is 0.166 e. The molecule has 2 rings (SSSR count). The van der Waals surface area contributed by atoms with Gasteiger partial charge >= 0.3 is 0 Å². The molecule has 0 atom stereocenters. The van der Waals surface area contributed by atoms with Crippen LogP contribution in [0.5, 0.6) is 11.5 Å². The highest BCUT2D eigenvalue weighted by Crippen LogP contribution is 2.25. The van der Waals surface area contributed by atoms with Crippen LogP contribution >= 0.6 is 0 Å². The van der Waals surface area contributed by atoms with Crippen molar-refractivity contribution in [2.45, 2.75) is 13.0 Å². The normalized spacial score (nSPS) is 10.6. The van der Waals surface area contributed by atoms with Crippen molar-refractivity contribution in [3.63, 3.8) is 0 Å². The number of rotatable bonds is 6. The van der Waals surface area contributed by atoms with Crippen LogP contribution in [0.4, 0.5) is 4.39 Å². The molecule has 2 N–H and O–H groups in total. The fourth-order valence-corrected chi connectivity index (χ4v) is 1.83. The van der Waals surface area contributed by atoms with Crippen molar-refractivity contribution < 1.29 is 13.9 Å². The summed E-state index contributed by atoms with van der Waals surface area (Å²) in [7, 11) is 1.67. The van der Waals surface area contributed by atoms with Crippen LogP contribution in [0.25, 0.3) is 0 Å². The lowest BCUT2D eigenvalue weighted by Crippen LogP contribution is -1.98. The van der Waals surface area contributed by atoms with Crippen LogP contribution in [-0.2, 0) is 17.7 Å². The Morgan fingerprint density at radius 2 is 1.75 bits per heavy atom. The van der Waals surface area contributed by atoms with E-state index in [4.69, 9.17) is 15.2 Å². The first-order valence-electron chi connectivity index (χ1n) is 6.47. The van der Waals surface area contributed by atoms with Crippen LogP contribution < -0.4 is 10.5 Å². The topological polar surface area (TPSA) is 44.5 Å². The lowest BCUT2D eigenvalue weighted by Gasteiger charge is -2.08. The molecule has 0 amide bonds. The van der Waals surface area contributed by atoms with Gasteiger partial charge in [-0.15, -0.1) is 0 Å². The highest BCUT2D eigenvalue weighted by atomic mass is 19.1. The Labute approximate surface area is 118 Å². The largest absolute Gasteiger partial charge is 0.454 e. The molecule has 0 spiro atoms.